The average molecular weight is 211 g/mol. The minimum Gasteiger partial charge on any atom is -0.328 e. The van der Waals surface area contributed by atoms with E-state index in [2.05, 4.69) is 16.7 Å². The Labute approximate surface area is 93.6 Å². The van der Waals surface area contributed by atoms with Crippen LogP contribution in [0.25, 0.3) is 0 Å². The molecular formula is C12H25N3. The van der Waals surface area contributed by atoms with Gasteiger partial charge in [0, 0.05) is 38.3 Å². The molecule has 2 fully saturated rings. The Hall–Kier alpha value is -0.120. The van der Waals surface area contributed by atoms with Crippen molar-refractivity contribution in [1.29, 1.82) is 0 Å². The van der Waals surface area contributed by atoms with Crippen LogP contribution in [0, 0.1) is 0 Å². The van der Waals surface area contributed by atoms with Crippen LogP contribution in [0.3, 0.4) is 0 Å². The van der Waals surface area contributed by atoms with E-state index in [1.54, 1.807) is 0 Å². The van der Waals surface area contributed by atoms with E-state index in [0.717, 1.165) is 6.04 Å². The van der Waals surface area contributed by atoms with Gasteiger partial charge >= 0.3 is 0 Å². The second-order valence-electron chi connectivity index (χ2n) is 5.05. The number of hydrogen-bond donors (Lipinski definition) is 1. The van der Waals surface area contributed by atoms with Crippen LogP contribution in [0.4, 0.5) is 0 Å². The summed E-state index contributed by atoms with van der Waals surface area (Å²) in [5.41, 5.74) is 6.05. The van der Waals surface area contributed by atoms with Gasteiger partial charge in [-0.1, -0.05) is 13.3 Å². The molecule has 1 aliphatic carbocycles. The van der Waals surface area contributed by atoms with Crippen LogP contribution in [0.5, 0.6) is 0 Å². The molecule has 1 saturated heterocycles. The number of nitrogens with zero attached hydrogens (tertiary/aromatic N) is 2. The third kappa shape index (κ3) is 2.92. The molecule has 0 unspecified atom stereocenters. The summed E-state index contributed by atoms with van der Waals surface area (Å²) < 4.78 is 0. The summed E-state index contributed by atoms with van der Waals surface area (Å²) in [6.45, 7) is 8.48. The molecular weight excluding hydrogens is 186 g/mol. The first kappa shape index (κ1) is 11.4. The highest BCUT2D eigenvalue weighted by molar-refractivity contribution is 4.84. The molecule has 88 valence electrons. The van der Waals surface area contributed by atoms with Gasteiger partial charge in [-0.15, -0.1) is 0 Å². The first-order valence-corrected chi connectivity index (χ1v) is 6.51. The zero-order chi connectivity index (χ0) is 10.7. The summed E-state index contributed by atoms with van der Waals surface area (Å²) in [4.78, 5) is 5.21. The number of rotatable bonds is 2. The fourth-order valence-corrected chi connectivity index (χ4v) is 2.98. The number of piperazine rings is 1. The molecule has 0 amide bonds. The van der Waals surface area contributed by atoms with Crippen LogP contribution in [-0.2, 0) is 0 Å². The first-order chi connectivity index (χ1) is 7.29. The van der Waals surface area contributed by atoms with Gasteiger partial charge in [0.05, 0.1) is 0 Å². The lowest BCUT2D eigenvalue weighted by atomic mass is 9.90. The van der Waals surface area contributed by atoms with Gasteiger partial charge < -0.3 is 10.6 Å². The summed E-state index contributed by atoms with van der Waals surface area (Å²) in [5, 5.41) is 0. The quantitative estimate of drug-likeness (QED) is 0.736. The van der Waals surface area contributed by atoms with Crippen molar-refractivity contribution < 1.29 is 0 Å². The maximum atomic E-state index is 6.05. The fourth-order valence-electron chi connectivity index (χ4n) is 2.98. The van der Waals surface area contributed by atoms with E-state index in [0.29, 0.717) is 6.04 Å². The summed E-state index contributed by atoms with van der Waals surface area (Å²) >= 11 is 0. The summed E-state index contributed by atoms with van der Waals surface area (Å²) in [7, 11) is 0. The summed E-state index contributed by atoms with van der Waals surface area (Å²) in [5.74, 6) is 0. The molecule has 2 N–H and O–H groups in total. The highest BCUT2D eigenvalue weighted by Gasteiger charge is 2.27. The molecule has 0 spiro atoms. The van der Waals surface area contributed by atoms with E-state index in [-0.39, 0.29) is 0 Å². The lowest BCUT2D eigenvalue weighted by Gasteiger charge is -2.41. The molecule has 0 radical (unpaired) electrons. The minimum absolute atomic E-state index is 0.466. The third-order valence-corrected chi connectivity index (χ3v) is 4.06. The van der Waals surface area contributed by atoms with Crippen LogP contribution < -0.4 is 5.73 Å². The number of hydrogen-bond acceptors (Lipinski definition) is 3. The van der Waals surface area contributed by atoms with E-state index in [1.165, 1.54) is 58.4 Å². The second kappa shape index (κ2) is 5.28. The van der Waals surface area contributed by atoms with E-state index in [1.807, 2.05) is 0 Å². The van der Waals surface area contributed by atoms with Gasteiger partial charge in [0.1, 0.15) is 0 Å². The maximum absolute atomic E-state index is 6.05. The highest BCUT2D eigenvalue weighted by atomic mass is 15.3. The molecule has 0 aromatic rings. The van der Waals surface area contributed by atoms with E-state index in [9.17, 15) is 0 Å². The SMILES string of the molecule is CCN1CCN([C@H]2CCC[C@H](N)C2)CC1. The van der Waals surface area contributed by atoms with Crippen LogP contribution >= 0.6 is 0 Å². The normalized spacial score (nSPS) is 35.6. The smallest absolute Gasteiger partial charge is 0.0113 e. The second-order valence-corrected chi connectivity index (χ2v) is 5.05. The zero-order valence-corrected chi connectivity index (χ0v) is 9.99. The van der Waals surface area contributed by atoms with Crippen molar-refractivity contribution in [1.82, 2.24) is 9.80 Å². The molecule has 2 atom stereocenters. The lowest BCUT2D eigenvalue weighted by Crippen LogP contribution is -2.52. The summed E-state index contributed by atoms with van der Waals surface area (Å²) in [6, 6.07) is 1.25. The standard InChI is InChI=1S/C12H25N3/c1-2-14-6-8-15(9-7-14)12-5-3-4-11(13)10-12/h11-12H,2-10,13H2,1H3/t11-,12-/m0/s1. The van der Waals surface area contributed by atoms with Crippen LogP contribution in [0.2, 0.25) is 0 Å². The number of nitrogens with two attached hydrogens (primary N) is 1. The fraction of sp³-hybridized carbons (Fsp3) is 1.00. The van der Waals surface area contributed by atoms with Crippen molar-refractivity contribution in [2.75, 3.05) is 32.7 Å². The Morgan fingerprint density at radius 2 is 1.87 bits per heavy atom. The molecule has 3 heteroatoms. The molecule has 1 aliphatic heterocycles. The van der Waals surface area contributed by atoms with Crippen molar-refractivity contribution in [2.24, 2.45) is 5.73 Å². The van der Waals surface area contributed by atoms with Crippen molar-refractivity contribution in [3.63, 3.8) is 0 Å². The monoisotopic (exact) mass is 211 g/mol. The van der Waals surface area contributed by atoms with Crippen LogP contribution in [0.1, 0.15) is 32.6 Å². The van der Waals surface area contributed by atoms with Gasteiger partial charge in [0.25, 0.3) is 0 Å². The number of likely N-dealkylation sites (N-methyl/N-ethyl adjacent to an activating group) is 1. The molecule has 2 rings (SSSR count). The Balaban J connectivity index is 1.79. The van der Waals surface area contributed by atoms with Crippen molar-refractivity contribution >= 4 is 0 Å². The van der Waals surface area contributed by atoms with Crippen molar-refractivity contribution in [3.05, 3.63) is 0 Å². The Kier molecular flexibility index (Phi) is 4.00. The first-order valence-electron chi connectivity index (χ1n) is 6.51. The van der Waals surface area contributed by atoms with Gasteiger partial charge in [-0.05, 0) is 25.8 Å². The zero-order valence-electron chi connectivity index (χ0n) is 9.99. The molecule has 1 heterocycles. The van der Waals surface area contributed by atoms with Crippen molar-refractivity contribution in [3.8, 4) is 0 Å². The largest absolute Gasteiger partial charge is 0.328 e. The molecule has 15 heavy (non-hydrogen) atoms. The lowest BCUT2D eigenvalue weighted by molar-refractivity contribution is 0.0778. The van der Waals surface area contributed by atoms with E-state index < -0.39 is 0 Å². The predicted octanol–water partition coefficient (Wildman–Crippen LogP) is 0.894. The molecule has 0 aromatic carbocycles. The molecule has 1 saturated carbocycles. The Morgan fingerprint density at radius 1 is 1.13 bits per heavy atom. The highest BCUT2D eigenvalue weighted by Crippen LogP contribution is 2.22. The van der Waals surface area contributed by atoms with Crippen molar-refractivity contribution in [2.45, 2.75) is 44.7 Å². The maximum Gasteiger partial charge on any atom is 0.0113 e. The van der Waals surface area contributed by atoms with Gasteiger partial charge in [0.2, 0.25) is 0 Å². The molecule has 0 bridgehead atoms. The third-order valence-electron chi connectivity index (χ3n) is 4.06. The van der Waals surface area contributed by atoms with Crippen LogP contribution in [0.15, 0.2) is 0 Å². The minimum atomic E-state index is 0.466. The van der Waals surface area contributed by atoms with Gasteiger partial charge in [-0.3, -0.25) is 4.90 Å². The molecule has 2 aliphatic rings. The average Bonchev–Trinajstić information content (AvgIpc) is 2.29. The van der Waals surface area contributed by atoms with Gasteiger partial charge in [-0.25, -0.2) is 0 Å². The van der Waals surface area contributed by atoms with Gasteiger partial charge in [0.15, 0.2) is 0 Å². The topological polar surface area (TPSA) is 32.5 Å². The Bertz CT molecular complexity index is 187. The van der Waals surface area contributed by atoms with Crippen LogP contribution in [-0.4, -0.2) is 54.6 Å². The molecule has 0 aromatic heterocycles. The van der Waals surface area contributed by atoms with E-state index in [4.69, 9.17) is 5.73 Å². The molecule has 3 nitrogen and oxygen atoms in total. The predicted molar refractivity (Wildman–Crippen MR) is 63.9 cm³/mol. The van der Waals surface area contributed by atoms with E-state index >= 15 is 0 Å². The van der Waals surface area contributed by atoms with Gasteiger partial charge in [-0.2, -0.15) is 0 Å². The summed E-state index contributed by atoms with van der Waals surface area (Å²) in [6.07, 6.45) is 5.18. The Morgan fingerprint density at radius 3 is 2.47 bits per heavy atom.